The molecule has 2 aromatic heterocycles. The van der Waals surface area contributed by atoms with Crippen LogP contribution in [-0.2, 0) is 4.79 Å². The molecule has 1 fully saturated rings. The Hall–Kier alpha value is -3.83. The fourth-order valence-electron chi connectivity index (χ4n) is 2.61. The highest BCUT2D eigenvalue weighted by Gasteiger charge is 2.25. The van der Waals surface area contributed by atoms with Crippen molar-refractivity contribution in [1.82, 2.24) is 10.3 Å². The van der Waals surface area contributed by atoms with Gasteiger partial charge < -0.3 is 9.52 Å². The second-order valence-corrected chi connectivity index (χ2v) is 6.72. The number of amides is 2. The summed E-state index contributed by atoms with van der Waals surface area (Å²) in [6.45, 7) is 0. The highest BCUT2D eigenvalue weighted by Crippen LogP contribution is 2.28. The third kappa shape index (κ3) is 3.39. The number of aromatic nitrogens is 1. The smallest absolute Gasteiger partial charge is 0.336 e. The van der Waals surface area contributed by atoms with Crippen LogP contribution in [0, 0.1) is 11.8 Å². The summed E-state index contributed by atoms with van der Waals surface area (Å²) in [5.74, 6) is 4.58. The monoisotopic (exact) mass is 390 g/mol. The van der Waals surface area contributed by atoms with E-state index >= 15 is 0 Å². The number of hydrogen-bond donors (Lipinski definition) is 2. The molecular weight excluding hydrogens is 380 g/mol. The lowest BCUT2D eigenvalue weighted by molar-refractivity contribution is -0.115. The van der Waals surface area contributed by atoms with Crippen LogP contribution < -0.4 is 5.32 Å². The predicted molar refractivity (Wildman–Crippen MR) is 102 cm³/mol. The van der Waals surface area contributed by atoms with Gasteiger partial charge in [-0.1, -0.05) is 24.0 Å². The molecule has 2 amide bonds. The number of hydrogen-bond acceptors (Lipinski definition) is 6. The van der Waals surface area contributed by atoms with Gasteiger partial charge in [-0.25, -0.2) is 4.79 Å². The molecule has 0 saturated carbocycles. The number of thioether (sulfide) groups is 1. The maximum atomic E-state index is 11.7. The van der Waals surface area contributed by atoms with E-state index in [2.05, 4.69) is 22.1 Å². The standard InChI is InChI=1S/C20H10N2O5S/c23-18-16(28-20(26)22-18)8-14-7-13-10-21-9-12(17(13)27-14)6-5-11-3-1-2-4-15(11)19(24)25/h1-4,7-10H,(H,24,25)(H,22,23,26)/b16-8+. The summed E-state index contributed by atoms with van der Waals surface area (Å²) in [7, 11) is 0. The average Bonchev–Trinajstić information content (AvgIpc) is 3.22. The maximum Gasteiger partial charge on any atom is 0.336 e. The minimum Gasteiger partial charge on any atom is -0.478 e. The first-order valence-electron chi connectivity index (χ1n) is 7.98. The van der Waals surface area contributed by atoms with Crippen molar-refractivity contribution in [3.63, 3.8) is 0 Å². The van der Waals surface area contributed by atoms with Crippen molar-refractivity contribution < 1.29 is 23.9 Å². The number of carbonyl (C=O) groups is 3. The SMILES string of the molecule is O=C1NC(=O)/C(=C\c2cc3cncc(C#Cc4ccccc4C(=O)O)c3o2)S1. The van der Waals surface area contributed by atoms with Crippen molar-refractivity contribution in [1.29, 1.82) is 0 Å². The molecule has 3 heterocycles. The Morgan fingerprint density at radius 1 is 1.18 bits per heavy atom. The molecule has 1 aliphatic heterocycles. The Morgan fingerprint density at radius 2 is 1.96 bits per heavy atom. The van der Waals surface area contributed by atoms with Crippen LogP contribution in [-0.4, -0.2) is 27.2 Å². The van der Waals surface area contributed by atoms with Crippen LogP contribution in [0.1, 0.15) is 27.2 Å². The quantitative estimate of drug-likeness (QED) is 0.510. The lowest BCUT2D eigenvalue weighted by Gasteiger charge is -1.97. The zero-order valence-electron chi connectivity index (χ0n) is 14.1. The van der Waals surface area contributed by atoms with E-state index in [4.69, 9.17) is 4.42 Å². The molecule has 3 aromatic rings. The first-order valence-corrected chi connectivity index (χ1v) is 8.79. The highest BCUT2D eigenvalue weighted by molar-refractivity contribution is 8.18. The molecule has 8 heteroatoms. The second kappa shape index (κ2) is 7.06. The molecular formula is C20H10N2O5S. The minimum absolute atomic E-state index is 0.105. The second-order valence-electron chi connectivity index (χ2n) is 5.71. The number of aromatic carboxylic acids is 1. The Morgan fingerprint density at radius 3 is 2.71 bits per heavy atom. The summed E-state index contributed by atoms with van der Waals surface area (Å²) >= 11 is 0.797. The number of carbonyl (C=O) groups excluding carboxylic acids is 2. The fourth-order valence-corrected chi connectivity index (χ4v) is 3.27. The van der Waals surface area contributed by atoms with Crippen LogP contribution in [0.25, 0.3) is 17.0 Å². The first-order chi connectivity index (χ1) is 13.5. The lowest BCUT2D eigenvalue weighted by atomic mass is 10.1. The molecule has 4 rings (SSSR count). The topological polar surface area (TPSA) is 110 Å². The Kier molecular flexibility index (Phi) is 4.43. The number of fused-ring (bicyclic) bond motifs is 1. The Bertz CT molecular complexity index is 1250. The highest BCUT2D eigenvalue weighted by atomic mass is 32.2. The van der Waals surface area contributed by atoms with Crippen LogP contribution in [0.15, 0.2) is 52.0 Å². The van der Waals surface area contributed by atoms with Gasteiger partial charge in [0.1, 0.15) is 5.76 Å². The zero-order valence-corrected chi connectivity index (χ0v) is 14.9. The van der Waals surface area contributed by atoms with E-state index in [1.807, 2.05) is 0 Å². The number of rotatable bonds is 2. The third-order valence-corrected chi connectivity index (χ3v) is 4.66. The average molecular weight is 390 g/mol. The maximum absolute atomic E-state index is 11.7. The molecule has 28 heavy (non-hydrogen) atoms. The van der Waals surface area contributed by atoms with Crippen molar-refractivity contribution >= 4 is 45.9 Å². The number of benzene rings is 1. The van der Waals surface area contributed by atoms with Gasteiger partial charge in [-0.3, -0.25) is 19.9 Å². The van der Waals surface area contributed by atoms with E-state index in [-0.39, 0.29) is 10.5 Å². The lowest BCUT2D eigenvalue weighted by Crippen LogP contribution is -2.17. The van der Waals surface area contributed by atoms with E-state index in [0.29, 0.717) is 27.9 Å². The number of nitrogens with zero attached hydrogens (tertiary/aromatic N) is 1. The van der Waals surface area contributed by atoms with Gasteiger partial charge >= 0.3 is 5.97 Å². The normalized spacial score (nSPS) is 14.8. The van der Waals surface area contributed by atoms with Gasteiger partial charge in [0.2, 0.25) is 0 Å². The van der Waals surface area contributed by atoms with E-state index in [1.165, 1.54) is 18.3 Å². The number of carboxylic acid groups (broad SMARTS) is 1. The Balaban J connectivity index is 1.74. The fraction of sp³-hybridized carbons (Fsp3) is 0. The molecule has 2 N–H and O–H groups in total. The Labute approximate surface area is 162 Å². The number of imide groups is 1. The van der Waals surface area contributed by atoms with Crippen molar-refractivity contribution in [2.24, 2.45) is 0 Å². The van der Waals surface area contributed by atoms with Crippen LogP contribution in [0.5, 0.6) is 0 Å². The third-order valence-electron chi connectivity index (χ3n) is 3.85. The minimum atomic E-state index is -1.06. The van der Waals surface area contributed by atoms with Gasteiger partial charge in [-0.15, -0.1) is 0 Å². The van der Waals surface area contributed by atoms with Crippen LogP contribution in [0.2, 0.25) is 0 Å². The van der Waals surface area contributed by atoms with Gasteiger partial charge in [0, 0.05) is 29.4 Å². The van der Waals surface area contributed by atoms with Crippen LogP contribution in [0.3, 0.4) is 0 Å². The first kappa shape index (κ1) is 17.6. The van der Waals surface area contributed by atoms with Crippen LogP contribution >= 0.6 is 11.8 Å². The van der Waals surface area contributed by atoms with Crippen molar-refractivity contribution in [2.45, 2.75) is 0 Å². The summed E-state index contributed by atoms with van der Waals surface area (Å²) < 4.78 is 5.77. The van der Waals surface area contributed by atoms with Crippen molar-refractivity contribution in [3.05, 3.63) is 70.1 Å². The molecule has 1 aliphatic rings. The summed E-state index contributed by atoms with van der Waals surface area (Å²) in [6, 6.07) is 8.12. The van der Waals surface area contributed by atoms with Gasteiger partial charge in [0.05, 0.1) is 16.0 Å². The number of carboxylic acids is 1. The van der Waals surface area contributed by atoms with Gasteiger partial charge in [0.15, 0.2) is 5.58 Å². The van der Waals surface area contributed by atoms with Gasteiger partial charge in [-0.2, -0.15) is 0 Å². The zero-order chi connectivity index (χ0) is 19.7. The predicted octanol–water partition coefficient (Wildman–Crippen LogP) is 3.25. The number of pyridine rings is 1. The molecule has 0 unspecified atom stereocenters. The summed E-state index contributed by atoms with van der Waals surface area (Å²) in [5, 5.41) is 11.7. The number of nitrogens with one attached hydrogen (secondary N) is 1. The molecule has 0 atom stereocenters. The van der Waals surface area contributed by atoms with E-state index in [9.17, 15) is 19.5 Å². The van der Waals surface area contributed by atoms with Gasteiger partial charge in [0.25, 0.3) is 11.1 Å². The summed E-state index contributed by atoms with van der Waals surface area (Å²) in [6.07, 6.45) is 4.58. The van der Waals surface area contributed by atoms with Crippen molar-refractivity contribution in [2.75, 3.05) is 0 Å². The molecule has 1 saturated heterocycles. The molecule has 1 aromatic carbocycles. The van der Waals surface area contributed by atoms with E-state index < -0.39 is 17.1 Å². The summed E-state index contributed by atoms with van der Waals surface area (Å²) in [5.41, 5.74) is 1.41. The molecule has 7 nitrogen and oxygen atoms in total. The largest absolute Gasteiger partial charge is 0.478 e. The van der Waals surface area contributed by atoms with Crippen molar-refractivity contribution in [3.8, 4) is 11.8 Å². The van der Waals surface area contributed by atoms with E-state index in [1.54, 1.807) is 30.5 Å². The number of furan rings is 1. The molecule has 0 spiro atoms. The molecule has 0 aliphatic carbocycles. The molecule has 136 valence electrons. The molecule has 0 bridgehead atoms. The summed E-state index contributed by atoms with van der Waals surface area (Å²) in [4.78, 5) is 38.6. The van der Waals surface area contributed by atoms with Gasteiger partial charge in [-0.05, 0) is 30.0 Å². The van der Waals surface area contributed by atoms with E-state index in [0.717, 1.165) is 11.8 Å². The molecule has 0 radical (unpaired) electrons. The van der Waals surface area contributed by atoms with Crippen LogP contribution in [0.4, 0.5) is 4.79 Å².